The molecule has 1 unspecified atom stereocenters. The van der Waals surface area contributed by atoms with Crippen molar-refractivity contribution in [2.45, 2.75) is 25.8 Å². The van der Waals surface area contributed by atoms with Crippen molar-refractivity contribution in [2.24, 2.45) is 5.73 Å². The molecule has 0 amide bonds. The molecule has 1 heterocycles. The highest BCUT2D eigenvalue weighted by atomic mass is 35.5. The minimum absolute atomic E-state index is 0.182. The van der Waals surface area contributed by atoms with Crippen molar-refractivity contribution in [1.82, 2.24) is 5.16 Å². The first-order chi connectivity index (χ1) is 10.2. The van der Waals surface area contributed by atoms with E-state index in [1.807, 2.05) is 30.3 Å². The molecule has 1 aromatic heterocycles. The molecule has 0 saturated heterocycles. The molecule has 0 radical (unpaired) electrons. The van der Waals surface area contributed by atoms with Crippen LogP contribution in [0, 0.1) is 0 Å². The zero-order valence-corrected chi connectivity index (χ0v) is 12.6. The normalized spacial score (nSPS) is 12.7. The highest BCUT2D eigenvalue weighted by Crippen LogP contribution is 2.30. The molecule has 0 spiro atoms. The van der Waals surface area contributed by atoms with Crippen LogP contribution in [0.5, 0.6) is 0 Å². The lowest BCUT2D eigenvalue weighted by atomic mass is 10.0. The fourth-order valence-electron chi connectivity index (χ4n) is 2.37. The number of halogens is 1. The Hall–Kier alpha value is -1.84. The third-order valence-corrected chi connectivity index (χ3v) is 3.92. The van der Waals surface area contributed by atoms with Gasteiger partial charge in [0.2, 0.25) is 0 Å². The van der Waals surface area contributed by atoms with Crippen molar-refractivity contribution >= 4 is 22.5 Å². The topological polar surface area (TPSA) is 52.0 Å². The Bertz CT molecular complexity index is 749. The summed E-state index contributed by atoms with van der Waals surface area (Å²) in [6, 6.07) is 13.9. The third kappa shape index (κ3) is 2.94. The van der Waals surface area contributed by atoms with Gasteiger partial charge in [0, 0.05) is 22.0 Å². The van der Waals surface area contributed by atoms with Crippen LogP contribution < -0.4 is 5.73 Å². The molecule has 0 bridgehead atoms. The Morgan fingerprint density at radius 3 is 2.67 bits per heavy atom. The Balaban J connectivity index is 2.03. The molecule has 0 aliphatic carbocycles. The van der Waals surface area contributed by atoms with Crippen LogP contribution in [0.25, 0.3) is 22.2 Å². The van der Waals surface area contributed by atoms with Gasteiger partial charge in [0.15, 0.2) is 5.76 Å². The fourth-order valence-corrected chi connectivity index (χ4v) is 2.50. The van der Waals surface area contributed by atoms with Gasteiger partial charge in [-0.2, -0.15) is 0 Å². The smallest absolute Gasteiger partial charge is 0.174 e. The van der Waals surface area contributed by atoms with Gasteiger partial charge >= 0.3 is 0 Å². The van der Waals surface area contributed by atoms with Crippen LogP contribution in [-0.2, 0) is 6.42 Å². The lowest BCUT2D eigenvalue weighted by Gasteiger charge is -2.08. The van der Waals surface area contributed by atoms with Gasteiger partial charge in [-0.1, -0.05) is 29.7 Å². The van der Waals surface area contributed by atoms with E-state index in [0.29, 0.717) is 5.02 Å². The Labute approximate surface area is 128 Å². The molecule has 1 atom stereocenters. The number of nitrogens with zero attached hydrogens (tertiary/aromatic N) is 1. The molecule has 3 aromatic rings. The average molecular weight is 301 g/mol. The summed E-state index contributed by atoms with van der Waals surface area (Å²) in [5, 5.41) is 5.84. The Morgan fingerprint density at radius 1 is 1.19 bits per heavy atom. The summed E-state index contributed by atoms with van der Waals surface area (Å²) in [7, 11) is 0. The van der Waals surface area contributed by atoms with Crippen molar-refractivity contribution in [3.05, 3.63) is 53.1 Å². The average Bonchev–Trinajstić information content (AvgIpc) is 2.91. The summed E-state index contributed by atoms with van der Waals surface area (Å²) in [6.45, 7) is 2.10. The summed E-state index contributed by atoms with van der Waals surface area (Å²) >= 11 is 5.93. The fraction of sp³-hybridized carbons (Fsp3) is 0.235. The standard InChI is InChI=1S/C17H17ClN2O/c1-2-14(19)9-11-3-8-16-15(10-11)17(21-20-16)12-4-6-13(18)7-5-12/h3-8,10,14H,2,9,19H2,1H3. The van der Waals surface area contributed by atoms with Crippen LogP contribution in [0.1, 0.15) is 18.9 Å². The van der Waals surface area contributed by atoms with Gasteiger partial charge in [-0.3, -0.25) is 0 Å². The number of rotatable bonds is 4. The minimum atomic E-state index is 0.182. The predicted octanol–water partition coefficient (Wildman–Crippen LogP) is 4.43. The molecule has 3 nitrogen and oxygen atoms in total. The molecule has 21 heavy (non-hydrogen) atoms. The zero-order chi connectivity index (χ0) is 14.8. The first kappa shape index (κ1) is 14.1. The highest BCUT2D eigenvalue weighted by Gasteiger charge is 2.12. The first-order valence-electron chi connectivity index (χ1n) is 7.07. The second-order valence-electron chi connectivity index (χ2n) is 5.24. The van der Waals surface area contributed by atoms with Crippen molar-refractivity contribution in [3.8, 4) is 11.3 Å². The van der Waals surface area contributed by atoms with Crippen molar-refractivity contribution in [2.75, 3.05) is 0 Å². The maximum Gasteiger partial charge on any atom is 0.174 e. The molecular formula is C17H17ClN2O. The van der Waals surface area contributed by atoms with Crippen molar-refractivity contribution in [1.29, 1.82) is 0 Å². The number of benzene rings is 2. The van der Waals surface area contributed by atoms with Gasteiger partial charge in [0.1, 0.15) is 5.52 Å². The van der Waals surface area contributed by atoms with Crippen LogP contribution in [0.3, 0.4) is 0 Å². The molecule has 2 aromatic carbocycles. The molecule has 2 N–H and O–H groups in total. The van der Waals surface area contributed by atoms with Crippen LogP contribution in [0.15, 0.2) is 47.0 Å². The summed E-state index contributed by atoms with van der Waals surface area (Å²) in [5.41, 5.74) is 9.07. The van der Waals surface area contributed by atoms with E-state index in [4.69, 9.17) is 21.9 Å². The van der Waals surface area contributed by atoms with Crippen LogP contribution in [0.2, 0.25) is 5.02 Å². The van der Waals surface area contributed by atoms with E-state index in [1.54, 1.807) is 0 Å². The number of hydrogen-bond donors (Lipinski definition) is 1. The minimum Gasteiger partial charge on any atom is -0.355 e. The van der Waals surface area contributed by atoms with E-state index >= 15 is 0 Å². The number of fused-ring (bicyclic) bond motifs is 1. The molecule has 0 saturated carbocycles. The molecular weight excluding hydrogens is 284 g/mol. The van der Waals surface area contributed by atoms with Gasteiger partial charge in [0.05, 0.1) is 0 Å². The molecule has 108 valence electrons. The summed E-state index contributed by atoms with van der Waals surface area (Å²) in [4.78, 5) is 0. The quantitative estimate of drug-likeness (QED) is 0.775. The van der Waals surface area contributed by atoms with Crippen LogP contribution >= 0.6 is 11.6 Å². The molecule has 4 heteroatoms. The van der Waals surface area contributed by atoms with Crippen molar-refractivity contribution in [3.63, 3.8) is 0 Å². The van der Waals surface area contributed by atoms with Crippen molar-refractivity contribution < 1.29 is 4.52 Å². The Kier molecular flexibility index (Phi) is 3.95. The lowest BCUT2D eigenvalue weighted by Crippen LogP contribution is -2.21. The van der Waals surface area contributed by atoms with Gasteiger partial charge in [0.25, 0.3) is 0 Å². The van der Waals surface area contributed by atoms with Gasteiger partial charge in [-0.05, 0) is 54.8 Å². The Morgan fingerprint density at radius 2 is 1.95 bits per heavy atom. The predicted molar refractivity (Wildman–Crippen MR) is 86.4 cm³/mol. The lowest BCUT2D eigenvalue weighted by molar-refractivity contribution is 0.441. The molecule has 0 fully saturated rings. The van der Waals surface area contributed by atoms with Gasteiger partial charge < -0.3 is 10.3 Å². The highest BCUT2D eigenvalue weighted by molar-refractivity contribution is 6.30. The number of nitrogens with two attached hydrogens (primary N) is 1. The maximum atomic E-state index is 6.04. The number of aromatic nitrogens is 1. The summed E-state index contributed by atoms with van der Waals surface area (Å²) < 4.78 is 5.50. The zero-order valence-electron chi connectivity index (χ0n) is 11.8. The second-order valence-corrected chi connectivity index (χ2v) is 5.68. The van der Waals surface area contributed by atoms with E-state index in [9.17, 15) is 0 Å². The SMILES string of the molecule is CCC(N)Cc1ccc2noc(-c3ccc(Cl)cc3)c2c1. The van der Waals surface area contributed by atoms with E-state index < -0.39 is 0 Å². The monoisotopic (exact) mass is 300 g/mol. The van der Waals surface area contributed by atoms with E-state index in [0.717, 1.165) is 35.1 Å². The summed E-state index contributed by atoms with van der Waals surface area (Å²) in [5.74, 6) is 0.772. The van der Waals surface area contributed by atoms with E-state index in [1.165, 1.54) is 5.56 Å². The first-order valence-corrected chi connectivity index (χ1v) is 7.45. The third-order valence-electron chi connectivity index (χ3n) is 3.67. The van der Waals surface area contributed by atoms with E-state index in [2.05, 4.69) is 24.2 Å². The molecule has 0 aliphatic heterocycles. The molecule has 3 rings (SSSR count). The maximum absolute atomic E-state index is 6.04. The second kappa shape index (κ2) is 5.88. The molecule has 0 aliphatic rings. The van der Waals surface area contributed by atoms with Crippen LogP contribution in [-0.4, -0.2) is 11.2 Å². The number of hydrogen-bond acceptors (Lipinski definition) is 3. The van der Waals surface area contributed by atoms with E-state index in [-0.39, 0.29) is 6.04 Å². The summed E-state index contributed by atoms with van der Waals surface area (Å²) in [6.07, 6.45) is 1.82. The van der Waals surface area contributed by atoms with Gasteiger partial charge in [-0.25, -0.2) is 0 Å². The van der Waals surface area contributed by atoms with Gasteiger partial charge in [-0.15, -0.1) is 0 Å². The van der Waals surface area contributed by atoms with Crippen LogP contribution in [0.4, 0.5) is 0 Å². The largest absolute Gasteiger partial charge is 0.355 e.